The van der Waals surface area contributed by atoms with Crippen molar-refractivity contribution < 1.29 is 4.79 Å². The predicted octanol–water partition coefficient (Wildman–Crippen LogP) is 4.26. The van der Waals surface area contributed by atoms with Gasteiger partial charge in [0.2, 0.25) is 5.91 Å². The Morgan fingerprint density at radius 1 is 1.27 bits per heavy atom. The highest BCUT2D eigenvalue weighted by atomic mass is 35.5. The molecule has 1 aromatic rings. The molecule has 0 bridgehead atoms. The number of nitrogens with one attached hydrogen (secondary N) is 1. The van der Waals surface area contributed by atoms with Crippen LogP contribution in [0.4, 0.5) is 0 Å². The van der Waals surface area contributed by atoms with E-state index in [0.717, 1.165) is 18.4 Å². The van der Waals surface area contributed by atoms with E-state index in [1.807, 2.05) is 31.0 Å². The Balaban J connectivity index is 1.88. The van der Waals surface area contributed by atoms with E-state index < -0.39 is 0 Å². The highest BCUT2D eigenvalue weighted by molar-refractivity contribution is 6.42. The number of halogens is 2. The SMILES string of the molecule is C[C@@H](C(=O)NC1CCCCC1)N(C)Cc1ccc(Cl)c(Cl)c1. The summed E-state index contributed by atoms with van der Waals surface area (Å²) in [4.78, 5) is 14.4. The van der Waals surface area contributed by atoms with Gasteiger partial charge in [0.05, 0.1) is 16.1 Å². The van der Waals surface area contributed by atoms with Crippen molar-refractivity contribution in [2.45, 2.75) is 57.7 Å². The van der Waals surface area contributed by atoms with Crippen molar-refractivity contribution in [3.8, 4) is 0 Å². The van der Waals surface area contributed by atoms with Gasteiger partial charge in [0, 0.05) is 12.6 Å². The van der Waals surface area contributed by atoms with Crippen molar-refractivity contribution in [2.75, 3.05) is 7.05 Å². The molecule has 0 aromatic heterocycles. The molecule has 5 heteroatoms. The van der Waals surface area contributed by atoms with E-state index in [-0.39, 0.29) is 11.9 Å². The van der Waals surface area contributed by atoms with Crippen molar-refractivity contribution in [2.24, 2.45) is 0 Å². The van der Waals surface area contributed by atoms with Crippen LogP contribution in [0.2, 0.25) is 10.0 Å². The molecule has 22 heavy (non-hydrogen) atoms. The van der Waals surface area contributed by atoms with Gasteiger partial charge in [-0.2, -0.15) is 0 Å². The normalized spacial score (nSPS) is 17.5. The van der Waals surface area contributed by atoms with E-state index in [1.54, 1.807) is 6.07 Å². The first-order chi connectivity index (χ1) is 10.5. The van der Waals surface area contributed by atoms with Crippen LogP contribution in [0.3, 0.4) is 0 Å². The van der Waals surface area contributed by atoms with Crippen LogP contribution < -0.4 is 5.32 Å². The van der Waals surface area contributed by atoms with E-state index in [2.05, 4.69) is 5.32 Å². The lowest BCUT2D eigenvalue weighted by Gasteiger charge is -2.28. The molecule has 1 aliphatic carbocycles. The molecule has 0 heterocycles. The Kier molecular flexibility index (Phi) is 6.54. The molecular formula is C17H24Cl2N2O. The zero-order chi connectivity index (χ0) is 16.1. The number of rotatable bonds is 5. The van der Waals surface area contributed by atoms with E-state index in [9.17, 15) is 4.79 Å². The molecule has 2 rings (SSSR count). The summed E-state index contributed by atoms with van der Waals surface area (Å²) >= 11 is 12.0. The second kappa shape index (κ2) is 8.19. The van der Waals surface area contributed by atoms with Crippen molar-refractivity contribution in [3.05, 3.63) is 33.8 Å². The highest BCUT2D eigenvalue weighted by Gasteiger charge is 2.22. The lowest BCUT2D eigenvalue weighted by atomic mass is 9.95. The van der Waals surface area contributed by atoms with Gasteiger partial charge < -0.3 is 5.32 Å². The van der Waals surface area contributed by atoms with Crippen LogP contribution in [0.15, 0.2) is 18.2 Å². The van der Waals surface area contributed by atoms with E-state index in [0.29, 0.717) is 22.6 Å². The number of hydrogen-bond acceptors (Lipinski definition) is 2. The molecule has 1 aliphatic rings. The lowest BCUT2D eigenvalue weighted by molar-refractivity contribution is -0.126. The van der Waals surface area contributed by atoms with Gasteiger partial charge in [0.15, 0.2) is 0 Å². The number of carbonyl (C=O) groups excluding carboxylic acids is 1. The summed E-state index contributed by atoms with van der Waals surface area (Å²) in [7, 11) is 1.95. The summed E-state index contributed by atoms with van der Waals surface area (Å²) in [5.41, 5.74) is 1.05. The number of carbonyl (C=O) groups is 1. The average Bonchev–Trinajstić information content (AvgIpc) is 2.51. The van der Waals surface area contributed by atoms with Crippen LogP contribution in [0, 0.1) is 0 Å². The third-order valence-corrected chi connectivity index (χ3v) is 5.15. The van der Waals surface area contributed by atoms with Crippen molar-refractivity contribution >= 4 is 29.1 Å². The Bertz CT molecular complexity index is 515. The van der Waals surface area contributed by atoms with E-state index >= 15 is 0 Å². The fourth-order valence-corrected chi connectivity index (χ4v) is 3.15. The largest absolute Gasteiger partial charge is 0.352 e. The second-order valence-corrected chi connectivity index (χ2v) is 7.00. The summed E-state index contributed by atoms with van der Waals surface area (Å²) in [5.74, 6) is 0.106. The van der Waals surface area contributed by atoms with Gasteiger partial charge in [0.25, 0.3) is 0 Å². The number of nitrogens with zero attached hydrogens (tertiary/aromatic N) is 1. The van der Waals surface area contributed by atoms with E-state index in [4.69, 9.17) is 23.2 Å². The molecule has 3 nitrogen and oxygen atoms in total. The van der Waals surface area contributed by atoms with Gasteiger partial charge in [-0.1, -0.05) is 48.5 Å². The Hall–Kier alpha value is -0.770. The molecule has 0 saturated heterocycles. The highest BCUT2D eigenvalue weighted by Crippen LogP contribution is 2.23. The van der Waals surface area contributed by atoms with Crippen LogP contribution in [-0.2, 0) is 11.3 Å². The van der Waals surface area contributed by atoms with Crippen LogP contribution in [0.1, 0.15) is 44.6 Å². The third-order valence-electron chi connectivity index (χ3n) is 4.41. The van der Waals surface area contributed by atoms with Crippen molar-refractivity contribution in [1.29, 1.82) is 0 Å². The standard InChI is InChI=1S/C17H24Cl2N2O/c1-12(17(22)20-14-6-4-3-5-7-14)21(2)11-13-8-9-15(18)16(19)10-13/h8-10,12,14H,3-7,11H2,1-2H3,(H,20,22)/t12-/m0/s1. The Morgan fingerprint density at radius 3 is 2.59 bits per heavy atom. The quantitative estimate of drug-likeness (QED) is 0.866. The fourth-order valence-electron chi connectivity index (χ4n) is 2.83. The maximum Gasteiger partial charge on any atom is 0.237 e. The average molecular weight is 343 g/mol. The van der Waals surface area contributed by atoms with Gasteiger partial charge in [-0.05, 0) is 44.5 Å². The molecule has 122 valence electrons. The smallest absolute Gasteiger partial charge is 0.237 e. The Labute approximate surface area is 143 Å². The number of amides is 1. The molecule has 0 spiro atoms. The van der Waals surface area contributed by atoms with Gasteiger partial charge >= 0.3 is 0 Å². The monoisotopic (exact) mass is 342 g/mol. The number of likely N-dealkylation sites (N-methyl/N-ethyl adjacent to an activating group) is 1. The summed E-state index contributed by atoms with van der Waals surface area (Å²) < 4.78 is 0. The summed E-state index contributed by atoms with van der Waals surface area (Å²) in [5, 5.41) is 4.28. The lowest BCUT2D eigenvalue weighted by Crippen LogP contribution is -2.47. The topological polar surface area (TPSA) is 32.3 Å². The maximum absolute atomic E-state index is 12.4. The molecule has 0 aliphatic heterocycles. The molecule has 1 aromatic carbocycles. The molecule has 0 unspecified atom stereocenters. The van der Waals surface area contributed by atoms with Crippen LogP contribution >= 0.6 is 23.2 Å². The second-order valence-electron chi connectivity index (χ2n) is 6.18. The molecule has 1 saturated carbocycles. The van der Waals surface area contributed by atoms with Gasteiger partial charge in [-0.3, -0.25) is 9.69 Å². The first-order valence-electron chi connectivity index (χ1n) is 7.92. The first kappa shape index (κ1) is 17.6. The summed E-state index contributed by atoms with van der Waals surface area (Å²) in [6.07, 6.45) is 5.94. The van der Waals surface area contributed by atoms with Gasteiger partial charge in [0.1, 0.15) is 0 Å². The van der Waals surface area contributed by atoms with Crippen molar-refractivity contribution in [1.82, 2.24) is 10.2 Å². The third kappa shape index (κ3) is 4.87. The zero-order valence-electron chi connectivity index (χ0n) is 13.2. The molecule has 1 N–H and O–H groups in total. The van der Waals surface area contributed by atoms with Gasteiger partial charge in [-0.25, -0.2) is 0 Å². The zero-order valence-corrected chi connectivity index (χ0v) is 14.8. The number of hydrogen-bond donors (Lipinski definition) is 1. The van der Waals surface area contributed by atoms with Gasteiger partial charge in [-0.15, -0.1) is 0 Å². The summed E-state index contributed by atoms with van der Waals surface area (Å²) in [6, 6.07) is 5.76. The van der Waals surface area contributed by atoms with Crippen molar-refractivity contribution in [3.63, 3.8) is 0 Å². The van der Waals surface area contributed by atoms with Crippen LogP contribution in [0.5, 0.6) is 0 Å². The predicted molar refractivity (Wildman–Crippen MR) is 92.4 cm³/mol. The molecule has 1 atom stereocenters. The number of benzene rings is 1. The molecule has 1 amide bonds. The summed E-state index contributed by atoms with van der Waals surface area (Å²) in [6.45, 7) is 2.60. The minimum atomic E-state index is -0.170. The van der Waals surface area contributed by atoms with Crippen LogP contribution in [0.25, 0.3) is 0 Å². The molecular weight excluding hydrogens is 319 g/mol. The fraction of sp³-hybridized carbons (Fsp3) is 0.588. The minimum Gasteiger partial charge on any atom is -0.352 e. The maximum atomic E-state index is 12.4. The molecule has 0 radical (unpaired) electrons. The Morgan fingerprint density at radius 2 is 1.95 bits per heavy atom. The molecule has 1 fully saturated rings. The first-order valence-corrected chi connectivity index (χ1v) is 8.67. The van der Waals surface area contributed by atoms with E-state index in [1.165, 1.54) is 19.3 Å². The van der Waals surface area contributed by atoms with Crippen LogP contribution in [-0.4, -0.2) is 29.9 Å². The minimum absolute atomic E-state index is 0.106.